The summed E-state index contributed by atoms with van der Waals surface area (Å²) < 4.78 is 0. The summed E-state index contributed by atoms with van der Waals surface area (Å²) in [4.78, 5) is 36.1. The fourth-order valence-corrected chi connectivity index (χ4v) is 6.42. The van der Waals surface area contributed by atoms with E-state index in [4.69, 9.17) is 0 Å². The molecular weight excluding hydrogens is 450 g/mol. The Labute approximate surface area is 217 Å². The number of amides is 2. The lowest BCUT2D eigenvalue weighted by molar-refractivity contribution is -0.141. The highest BCUT2D eigenvalue weighted by Crippen LogP contribution is 2.34. The van der Waals surface area contributed by atoms with Gasteiger partial charge in [-0.2, -0.15) is 0 Å². The van der Waals surface area contributed by atoms with E-state index in [1.807, 2.05) is 0 Å². The quantitative estimate of drug-likeness (QED) is 0.516. The number of carbonyl (C=O) groups excluding carboxylic acids is 2. The number of likely N-dealkylation sites (tertiary alicyclic amines) is 2. The lowest BCUT2D eigenvalue weighted by atomic mass is 9.83. The summed E-state index contributed by atoms with van der Waals surface area (Å²) in [7, 11) is 1.70. The van der Waals surface area contributed by atoms with Crippen molar-refractivity contribution in [3.8, 4) is 0 Å². The highest BCUT2D eigenvalue weighted by molar-refractivity contribution is 5.92. The number of carbonyl (C=O) groups is 2. The molecule has 4 atom stereocenters. The summed E-state index contributed by atoms with van der Waals surface area (Å²) in [5, 5.41) is 6.09. The molecule has 0 radical (unpaired) electrons. The van der Waals surface area contributed by atoms with Gasteiger partial charge < -0.3 is 15.1 Å². The highest BCUT2D eigenvalue weighted by atomic mass is 16.2. The third-order valence-electron chi connectivity index (χ3n) is 8.94. The van der Waals surface area contributed by atoms with E-state index in [0.717, 1.165) is 64.7 Å². The Balaban J connectivity index is 1.48. The molecule has 2 heterocycles. The molecule has 3 aliphatic rings. The molecule has 4 rings (SSSR count). The maximum absolute atomic E-state index is 14.2. The van der Waals surface area contributed by atoms with Gasteiger partial charge in [-0.1, -0.05) is 49.6 Å². The summed E-state index contributed by atoms with van der Waals surface area (Å²) in [6.07, 6.45) is 9.87. The van der Waals surface area contributed by atoms with Gasteiger partial charge in [0.25, 0.3) is 5.91 Å². The summed E-state index contributed by atoms with van der Waals surface area (Å²) in [5.41, 5.74) is 0.221. The molecule has 198 valence electrons. The standard InChI is InChI=1S/C29H45N5O2/c1-29(30-2,31-3)28(36)32-26(24-13-8-5-9-14-24)27(35)34-20-17-23-15-10-18-33(21-25(23)34)19-16-22-11-6-4-7-12-22/h4,6-7,11-12,23-26,31H,2,5,8-10,13-21H2,1,3H3,(H,32,36)/t23-,25-,26-,29-/m0/s1. The molecule has 0 aromatic heterocycles. The van der Waals surface area contributed by atoms with Gasteiger partial charge in [0, 0.05) is 25.7 Å². The molecular formula is C29H45N5O2. The van der Waals surface area contributed by atoms with Crippen molar-refractivity contribution in [2.75, 3.05) is 33.2 Å². The SMILES string of the molecule is C=N[C@@](C)(NC)C(=O)N[C@H](C(=O)N1CC[C@@H]2CCCN(CCc3ccccc3)C[C@@H]21)C1CCCCC1. The molecule has 0 unspecified atom stereocenters. The van der Waals surface area contributed by atoms with E-state index in [1.165, 1.54) is 24.8 Å². The van der Waals surface area contributed by atoms with Crippen molar-refractivity contribution in [1.29, 1.82) is 0 Å². The predicted octanol–water partition coefficient (Wildman–Crippen LogP) is 3.24. The topological polar surface area (TPSA) is 77.0 Å². The minimum absolute atomic E-state index is 0.107. The van der Waals surface area contributed by atoms with E-state index >= 15 is 0 Å². The Hall–Kier alpha value is -2.25. The third kappa shape index (κ3) is 6.17. The van der Waals surface area contributed by atoms with Crippen LogP contribution in [0.3, 0.4) is 0 Å². The maximum atomic E-state index is 14.2. The first-order valence-electron chi connectivity index (χ1n) is 14.0. The van der Waals surface area contributed by atoms with Crippen molar-refractivity contribution in [3.63, 3.8) is 0 Å². The van der Waals surface area contributed by atoms with E-state index < -0.39 is 11.7 Å². The molecule has 7 heteroatoms. The van der Waals surface area contributed by atoms with Crippen molar-refractivity contribution in [2.24, 2.45) is 16.8 Å². The number of hydrogen-bond donors (Lipinski definition) is 2. The van der Waals surface area contributed by atoms with Crippen LogP contribution in [0.2, 0.25) is 0 Å². The minimum Gasteiger partial charge on any atom is -0.341 e. The number of aliphatic imine (C=N–C) groups is 1. The monoisotopic (exact) mass is 495 g/mol. The molecule has 1 aliphatic carbocycles. The molecule has 2 N–H and O–H groups in total. The largest absolute Gasteiger partial charge is 0.341 e. The first-order valence-corrected chi connectivity index (χ1v) is 14.0. The summed E-state index contributed by atoms with van der Waals surface area (Å²) >= 11 is 0. The van der Waals surface area contributed by atoms with Gasteiger partial charge in [-0.05, 0) is 83.2 Å². The van der Waals surface area contributed by atoms with Gasteiger partial charge in [-0.15, -0.1) is 0 Å². The summed E-state index contributed by atoms with van der Waals surface area (Å²) in [6, 6.07) is 10.4. The number of fused-ring (bicyclic) bond motifs is 1. The van der Waals surface area contributed by atoms with Crippen LogP contribution < -0.4 is 10.6 Å². The van der Waals surface area contributed by atoms with Crippen LogP contribution >= 0.6 is 0 Å². The van der Waals surface area contributed by atoms with E-state index in [2.05, 4.69) is 62.5 Å². The van der Waals surface area contributed by atoms with Crippen molar-refractivity contribution >= 4 is 18.5 Å². The highest BCUT2D eigenvalue weighted by Gasteiger charge is 2.44. The van der Waals surface area contributed by atoms with Crippen molar-refractivity contribution in [3.05, 3.63) is 35.9 Å². The molecule has 0 bridgehead atoms. The van der Waals surface area contributed by atoms with Crippen LogP contribution in [0.5, 0.6) is 0 Å². The van der Waals surface area contributed by atoms with Gasteiger partial charge in [0.15, 0.2) is 5.66 Å². The van der Waals surface area contributed by atoms with E-state index in [9.17, 15) is 9.59 Å². The molecule has 2 amide bonds. The van der Waals surface area contributed by atoms with E-state index in [0.29, 0.717) is 5.92 Å². The van der Waals surface area contributed by atoms with Gasteiger partial charge >= 0.3 is 0 Å². The zero-order valence-electron chi connectivity index (χ0n) is 22.3. The third-order valence-corrected chi connectivity index (χ3v) is 8.94. The van der Waals surface area contributed by atoms with Gasteiger partial charge in [0.1, 0.15) is 6.04 Å². The zero-order chi connectivity index (χ0) is 25.5. The Morgan fingerprint density at radius 1 is 1.08 bits per heavy atom. The molecule has 2 aliphatic heterocycles. The van der Waals surface area contributed by atoms with Crippen LogP contribution in [0.15, 0.2) is 35.3 Å². The fourth-order valence-electron chi connectivity index (χ4n) is 6.42. The predicted molar refractivity (Wildman–Crippen MR) is 145 cm³/mol. The molecule has 1 aromatic carbocycles. The number of nitrogens with one attached hydrogen (secondary N) is 2. The number of nitrogens with zero attached hydrogens (tertiary/aromatic N) is 3. The van der Waals surface area contributed by atoms with Crippen LogP contribution in [0.1, 0.15) is 63.9 Å². The van der Waals surface area contributed by atoms with Crippen LogP contribution in [0.25, 0.3) is 0 Å². The van der Waals surface area contributed by atoms with E-state index in [1.54, 1.807) is 14.0 Å². The first-order chi connectivity index (χ1) is 17.4. The number of likely N-dealkylation sites (N-methyl/N-ethyl adjacent to an activating group) is 1. The minimum atomic E-state index is -1.14. The zero-order valence-corrected chi connectivity index (χ0v) is 22.3. The van der Waals surface area contributed by atoms with Gasteiger partial charge in [-0.3, -0.25) is 19.9 Å². The molecule has 3 fully saturated rings. The first kappa shape index (κ1) is 26.8. The average molecular weight is 496 g/mol. The van der Waals surface area contributed by atoms with Gasteiger partial charge in [0.05, 0.1) is 0 Å². The Morgan fingerprint density at radius 3 is 2.53 bits per heavy atom. The van der Waals surface area contributed by atoms with Crippen LogP contribution in [-0.4, -0.2) is 79.3 Å². The molecule has 7 nitrogen and oxygen atoms in total. The fraction of sp³-hybridized carbons (Fsp3) is 0.690. The maximum Gasteiger partial charge on any atom is 0.263 e. The second kappa shape index (κ2) is 12.3. The number of hydrogen-bond acceptors (Lipinski definition) is 5. The normalized spacial score (nSPS) is 25.9. The molecule has 0 spiro atoms. The van der Waals surface area contributed by atoms with Crippen LogP contribution in [-0.2, 0) is 16.0 Å². The second-order valence-corrected chi connectivity index (χ2v) is 11.2. The number of benzene rings is 1. The van der Waals surface area contributed by atoms with Crippen LogP contribution in [0, 0.1) is 11.8 Å². The molecule has 1 saturated carbocycles. The van der Waals surface area contributed by atoms with E-state index in [-0.39, 0.29) is 23.8 Å². The molecule has 36 heavy (non-hydrogen) atoms. The van der Waals surface area contributed by atoms with Crippen molar-refractivity contribution < 1.29 is 9.59 Å². The van der Waals surface area contributed by atoms with Gasteiger partial charge in [-0.25, -0.2) is 0 Å². The molecule has 2 saturated heterocycles. The summed E-state index contributed by atoms with van der Waals surface area (Å²) in [6.45, 7) is 9.15. The molecule has 1 aromatic rings. The van der Waals surface area contributed by atoms with Crippen molar-refractivity contribution in [2.45, 2.75) is 82.5 Å². The lowest BCUT2D eigenvalue weighted by Gasteiger charge is -2.38. The average Bonchev–Trinajstić information content (AvgIpc) is 3.20. The van der Waals surface area contributed by atoms with Crippen LogP contribution in [0.4, 0.5) is 0 Å². The van der Waals surface area contributed by atoms with Crippen molar-refractivity contribution in [1.82, 2.24) is 20.4 Å². The lowest BCUT2D eigenvalue weighted by Crippen LogP contribution is -2.61. The summed E-state index contributed by atoms with van der Waals surface area (Å²) in [5.74, 6) is 0.566. The Morgan fingerprint density at radius 2 is 1.83 bits per heavy atom. The van der Waals surface area contributed by atoms with Gasteiger partial charge in [0.2, 0.25) is 5.91 Å². The smallest absolute Gasteiger partial charge is 0.263 e. The second-order valence-electron chi connectivity index (χ2n) is 11.2. The Kier molecular flexibility index (Phi) is 9.18. The number of rotatable bonds is 9. The Bertz CT molecular complexity index is 887.